The summed E-state index contributed by atoms with van der Waals surface area (Å²) in [4.78, 5) is 27.4. The Labute approximate surface area is 171 Å². The fraction of sp³-hybridized carbons (Fsp3) is 0.130. The number of hydrogen-bond acceptors (Lipinski definition) is 6. The number of anilines is 1. The molecule has 0 saturated carbocycles. The molecule has 2 aliphatic heterocycles. The topological polar surface area (TPSA) is 89.2 Å². The Morgan fingerprint density at radius 2 is 1.87 bits per heavy atom. The van der Waals surface area contributed by atoms with Crippen molar-refractivity contribution in [2.45, 2.75) is 13.0 Å². The number of amides is 1. The van der Waals surface area contributed by atoms with Crippen LogP contribution >= 0.6 is 0 Å². The monoisotopic (exact) mass is 403 g/mol. The molecule has 1 amide bonds. The van der Waals surface area contributed by atoms with Crippen molar-refractivity contribution in [1.82, 2.24) is 0 Å². The van der Waals surface area contributed by atoms with Crippen LogP contribution in [0.1, 0.15) is 22.9 Å². The zero-order valence-corrected chi connectivity index (χ0v) is 16.0. The van der Waals surface area contributed by atoms with Gasteiger partial charge in [-0.3, -0.25) is 14.5 Å². The van der Waals surface area contributed by atoms with E-state index in [9.17, 15) is 14.7 Å². The third kappa shape index (κ3) is 2.75. The van der Waals surface area contributed by atoms with Crippen LogP contribution in [0.4, 0.5) is 5.69 Å². The predicted molar refractivity (Wildman–Crippen MR) is 107 cm³/mol. The lowest BCUT2D eigenvalue weighted by molar-refractivity contribution is -0.132. The van der Waals surface area contributed by atoms with Gasteiger partial charge in [0.15, 0.2) is 11.5 Å². The predicted octanol–water partition coefficient (Wildman–Crippen LogP) is 3.94. The zero-order chi connectivity index (χ0) is 20.8. The highest BCUT2D eigenvalue weighted by atomic mass is 16.7. The number of hydrogen-bond donors (Lipinski definition) is 1. The number of aliphatic hydroxyl groups excluding tert-OH is 1. The Morgan fingerprint density at radius 3 is 2.63 bits per heavy atom. The van der Waals surface area contributed by atoms with Crippen molar-refractivity contribution in [3.05, 3.63) is 83.3 Å². The summed E-state index contributed by atoms with van der Waals surface area (Å²) < 4.78 is 16.2. The first kappa shape index (κ1) is 18.1. The van der Waals surface area contributed by atoms with Crippen LogP contribution in [0.3, 0.4) is 0 Å². The van der Waals surface area contributed by atoms with Gasteiger partial charge in [0.1, 0.15) is 17.6 Å². The van der Waals surface area contributed by atoms with Gasteiger partial charge in [0.25, 0.3) is 11.7 Å². The molecule has 7 heteroatoms. The number of aryl methyl sites for hydroxylation is 1. The molecule has 0 bridgehead atoms. The first-order valence-electron chi connectivity index (χ1n) is 9.35. The van der Waals surface area contributed by atoms with Gasteiger partial charge in [-0.1, -0.05) is 12.1 Å². The number of benzene rings is 2. The van der Waals surface area contributed by atoms with Crippen molar-refractivity contribution in [1.29, 1.82) is 0 Å². The van der Waals surface area contributed by atoms with Crippen molar-refractivity contribution >= 4 is 23.1 Å². The molecular formula is C23H17NO6. The second kappa shape index (κ2) is 6.81. The molecule has 1 N–H and O–H groups in total. The average Bonchev–Trinajstić information content (AvgIpc) is 3.47. The minimum atomic E-state index is -0.896. The highest BCUT2D eigenvalue weighted by Crippen LogP contribution is 2.43. The maximum absolute atomic E-state index is 13.0. The van der Waals surface area contributed by atoms with Gasteiger partial charge in [-0.15, -0.1) is 0 Å². The van der Waals surface area contributed by atoms with E-state index in [1.807, 2.05) is 19.1 Å². The molecule has 2 aromatic carbocycles. The lowest BCUT2D eigenvalue weighted by atomic mass is 9.99. The summed E-state index contributed by atoms with van der Waals surface area (Å²) in [5.41, 5.74) is 1.78. The van der Waals surface area contributed by atoms with E-state index in [4.69, 9.17) is 13.9 Å². The van der Waals surface area contributed by atoms with Gasteiger partial charge in [0.2, 0.25) is 6.79 Å². The van der Waals surface area contributed by atoms with Crippen molar-refractivity contribution in [3.8, 4) is 11.5 Å². The van der Waals surface area contributed by atoms with Gasteiger partial charge in [-0.2, -0.15) is 0 Å². The van der Waals surface area contributed by atoms with E-state index < -0.39 is 17.7 Å². The lowest BCUT2D eigenvalue weighted by Crippen LogP contribution is -2.29. The maximum atomic E-state index is 13.0. The quantitative estimate of drug-likeness (QED) is 0.405. The van der Waals surface area contributed by atoms with Crippen LogP contribution < -0.4 is 14.4 Å². The number of ether oxygens (including phenoxy) is 2. The molecule has 1 saturated heterocycles. The van der Waals surface area contributed by atoms with E-state index in [-0.39, 0.29) is 18.1 Å². The fourth-order valence-electron chi connectivity index (χ4n) is 3.79. The number of carbonyl (C=O) groups excluding carboxylic acids is 2. The van der Waals surface area contributed by atoms with E-state index in [1.165, 1.54) is 11.2 Å². The van der Waals surface area contributed by atoms with Crippen LogP contribution in [-0.4, -0.2) is 23.6 Å². The summed E-state index contributed by atoms with van der Waals surface area (Å²) in [5.74, 6) is -0.436. The molecule has 1 aromatic heterocycles. The van der Waals surface area contributed by atoms with Crippen LogP contribution in [-0.2, 0) is 9.59 Å². The number of Topliss-reactive ketones (excluding diaryl/α,β-unsaturated/α-hetero) is 1. The Balaban J connectivity index is 1.69. The third-order valence-electron chi connectivity index (χ3n) is 5.18. The molecule has 3 heterocycles. The normalized spacial score (nSPS) is 19.5. The third-order valence-corrected chi connectivity index (χ3v) is 5.18. The molecule has 0 aliphatic carbocycles. The van der Waals surface area contributed by atoms with Crippen LogP contribution in [0, 0.1) is 6.92 Å². The molecule has 0 spiro atoms. The van der Waals surface area contributed by atoms with Gasteiger partial charge >= 0.3 is 0 Å². The van der Waals surface area contributed by atoms with Crippen LogP contribution in [0.25, 0.3) is 5.76 Å². The number of carbonyl (C=O) groups is 2. The Hall–Kier alpha value is -4.00. The molecule has 1 fully saturated rings. The highest BCUT2D eigenvalue weighted by molar-refractivity contribution is 6.51. The van der Waals surface area contributed by atoms with Crippen molar-refractivity contribution in [2.24, 2.45) is 0 Å². The van der Waals surface area contributed by atoms with Gasteiger partial charge in [0, 0.05) is 11.3 Å². The molecule has 150 valence electrons. The molecule has 1 unspecified atom stereocenters. The zero-order valence-electron chi connectivity index (χ0n) is 16.0. The van der Waals surface area contributed by atoms with Crippen molar-refractivity contribution < 1.29 is 28.6 Å². The molecule has 5 rings (SSSR count). The second-order valence-corrected chi connectivity index (χ2v) is 7.09. The van der Waals surface area contributed by atoms with Crippen molar-refractivity contribution in [2.75, 3.05) is 11.7 Å². The van der Waals surface area contributed by atoms with E-state index in [0.29, 0.717) is 28.5 Å². The number of aliphatic hydroxyl groups is 1. The molecule has 1 atom stereocenters. The van der Waals surface area contributed by atoms with Gasteiger partial charge in [-0.05, 0) is 55.0 Å². The smallest absolute Gasteiger partial charge is 0.300 e. The lowest BCUT2D eigenvalue weighted by Gasteiger charge is -2.23. The van der Waals surface area contributed by atoms with Crippen LogP contribution in [0.2, 0.25) is 0 Å². The number of ketones is 1. The first-order chi connectivity index (χ1) is 14.5. The summed E-state index contributed by atoms with van der Waals surface area (Å²) in [5, 5.41) is 11.1. The first-order valence-corrected chi connectivity index (χ1v) is 9.35. The van der Waals surface area contributed by atoms with E-state index >= 15 is 0 Å². The molecule has 2 aliphatic rings. The molecular weight excluding hydrogens is 386 g/mol. The summed E-state index contributed by atoms with van der Waals surface area (Å²) in [6.45, 7) is 1.98. The minimum Gasteiger partial charge on any atom is -0.507 e. The Kier molecular flexibility index (Phi) is 4.10. The maximum Gasteiger partial charge on any atom is 0.300 e. The number of furan rings is 1. The molecule has 30 heavy (non-hydrogen) atoms. The standard InChI is InChI=1S/C23H17NO6/c1-13-4-2-5-15(10-13)24-20(17-6-3-9-28-17)19(22(26)23(24)27)21(25)14-7-8-16-18(11-14)30-12-29-16/h2-11,20,25H,12H2,1H3/b21-19-. The Morgan fingerprint density at radius 1 is 1.03 bits per heavy atom. The van der Waals surface area contributed by atoms with Crippen molar-refractivity contribution in [3.63, 3.8) is 0 Å². The highest BCUT2D eigenvalue weighted by Gasteiger charge is 2.48. The molecule has 3 aromatic rings. The largest absolute Gasteiger partial charge is 0.507 e. The van der Waals surface area contributed by atoms with Gasteiger partial charge < -0.3 is 19.0 Å². The van der Waals surface area contributed by atoms with Crippen LogP contribution in [0.15, 0.2) is 70.9 Å². The molecule has 0 radical (unpaired) electrons. The minimum absolute atomic E-state index is 0.0460. The van der Waals surface area contributed by atoms with Gasteiger partial charge in [-0.25, -0.2) is 0 Å². The van der Waals surface area contributed by atoms with Crippen LogP contribution in [0.5, 0.6) is 11.5 Å². The van der Waals surface area contributed by atoms with E-state index in [2.05, 4.69) is 0 Å². The van der Waals surface area contributed by atoms with E-state index in [1.54, 1.807) is 42.5 Å². The summed E-state index contributed by atoms with van der Waals surface area (Å²) in [6, 6.07) is 14.5. The second-order valence-electron chi connectivity index (χ2n) is 7.09. The Bertz CT molecular complexity index is 1190. The number of fused-ring (bicyclic) bond motifs is 1. The summed E-state index contributed by atoms with van der Waals surface area (Å²) in [6.07, 6.45) is 1.46. The fourth-order valence-corrected chi connectivity index (χ4v) is 3.79. The number of nitrogens with zero attached hydrogens (tertiary/aromatic N) is 1. The summed E-state index contributed by atoms with van der Waals surface area (Å²) >= 11 is 0. The summed E-state index contributed by atoms with van der Waals surface area (Å²) in [7, 11) is 0. The van der Waals surface area contributed by atoms with Gasteiger partial charge in [0.05, 0.1) is 11.8 Å². The average molecular weight is 403 g/mol. The number of rotatable bonds is 3. The van der Waals surface area contributed by atoms with E-state index in [0.717, 1.165) is 5.56 Å². The molecule has 7 nitrogen and oxygen atoms in total. The SMILES string of the molecule is Cc1cccc(N2C(=O)C(=O)/C(=C(\O)c3ccc4c(c3)OCO4)C2c2ccco2)c1.